The Labute approximate surface area is 104 Å². The fourth-order valence-electron chi connectivity index (χ4n) is 2.48. The van der Waals surface area contributed by atoms with Gasteiger partial charge in [-0.2, -0.15) is 0 Å². The second-order valence-electron chi connectivity index (χ2n) is 4.34. The maximum absolute atomic E-state index is 11.3. The Kier molecular flexibility index (Phi) is 3.38. The minimum Gasteiger partial charge on any atom is -0.481 e. The summed E-state index contributed by atoms with van der Waals surface area (Å²) in [4.78, 5) is 22.5. The smallest absolute Gasteiger partial charge is 0.337 e. The van der Waals surface area contributed by atoms with Crippen LogP contribution in [0.5, 0.6) is 0 Å². The molecule has 0 fully saturated rings. The molecule has 2 heterocycles. The topological polar surface area (TPSA) is 88.8 Å². The first-order chi connectivity index (χ1) is 8.56. The van der Waals surface area contributed by atoms with Gasteiger partial charge in [-0.1, -0.05) is 0 Å². The number of aryl methyl sites for hydroxylation is 1. The van der Waals surface area contributed by atoms with E-state index in [0.29, 0.717) is 37.3 Å². The average Bonchev–Trinajstić information content (AvgIpc) is 2.82. The van der Waals surface area contributed by atoms with Crippen LogP contribution in [0.2, 0.25) is 0 Å². The Hall–Kier alpha value is -1.82. The van der Waals surface area contributed by atoms with Crippen molar-refractivity contribution in [1.29, 1.82) is 0 Å². The molecule has 0 saturated heterocycles. The fraction of sp³-hybridized carbons (Fsp3) is 0.500. The predicted octanol–water partition coefficient (Wildman–Crippen LogP) is 0.947. The zero-order valence-electron chi connectivity index (χ0n) is 10.0. The Balaban J connectivity index is 2.44. The lowest BCUT2D eigenvalue weighted by atomic mass is 9.98. The first kappa shape index (κ1) is 12.6. The van der Waals surface area contributed by atoms with E-state index in [9.17, 15) is 14.7 Å². The third-order valence-electron chi connectivity index (χ3n) is 3.27. The molecule has 1 aromatic heterocycles. The van der Waals surface area contributed by atoms with Crippen molar-refractivity contribution in [3.8, 4) is 0 Å². The van der Waals surface area contributed by atoms with Gasteiger partial charge in [-0.25, -0.2) is 4.79 Å². The predicted molar refractivity (Wildman–Crippen MR) is 62.0 cm³/mol. The van der Waals surface area contributed by atoms with E-state index in [2.05, 4.69) is 0 Å². The molecule has 1 unspecified atom stereocenters. The third kappa shape index (κ3) is 1.99. The molecule has 0 aliphatic carbocycles. The van der Waals surface area contributed by atoms with Crippen LogP contribution in [0.4, 0.5) is 0 Å². The van der Waals surface area contributed by atoms with Crippen LogP contribution in [0.15, 0.2) is 6.20 Å². The minimum atomic E-state index is -1.07. The molecule has 0 spiro atoms. The summed E-state index contributed by atoms with van der Waals surface area (Å²) in [6.07, 6.45) is 2.67. The Morgan fingerprint density at radius 3 is 2.78 bits per heavy atom. The molecule has 0 saturated carbocycles. The number of nitrogens with zero attached hydrogens (tertiary/aromatic N) is 1. The summed E-state index contributed by atoms with van der Waals surface area (Å²) < 4.78 is 6.68. The average molecular weight is 253 g/mol. The Morgan fingerprint density at radius 1 is 1.50 bits per heavy atom. The van der Waals surface area contributed by atoms with Crippen LogP contribution in [0.1, 0.15) is 34.0 Å². The van der Waals surface area contributed by atoms with Gasteiger partial charge in [-0.05, 0) is 18.4 Å². The van der Waals surface area contributed by atoms with Gasteiger partial charge >= 0.3 is 11.9 Å². The molecule has 18 heavy (non-hydrogen) atoms. The van der Waals surface area contributed by atoms with Crippen molar-refractivity contribution >= 4 is 11.9 Å². The van der Waals surface area contributed by atoms with E-state index in [1.807, 2.05) is 0 Å². The standard InChI is InChI=1S/C12H15NO5/c1-18-5-3-7-6-13-4-2-8(11(14)15)10(13)9(7)12(16)17/h6,8H,2-5H2,1H3,(H,14,15)(H,16,17). The number of rotatable bonds is 5. The number of carboxylic acids is 2. The summed E-state index contributed by atoms with van der Waals surface area (Å²) in [7, 11) is 1.55. The van der Waals surface area contributed by atoms with Gasteiger partial charge in [0.2, 0.25) is 0 Å². The van der Waals surface area contributed by atoms with Crippen molar-refractivity contribution in [1.82, 2.24) is 4.57 Å². The number of aromatic nitrogens is 1. The van der Waals surface area contributed by atoms with Crippen LogP contribution in [0, 0.1) is 0 Å². The molecule has 2 N–H and O–H groups in total. The molecule has 0 radical (unpaired) electrons. The van der Waals surface area contributed by atoms with Crippen molar-refractivity contribution in [3.63, 3.8) is 0 Å². The highest BCUT2D eigenvalue weighted by molar-refractivity contribution is 5.93. The normalized spacial score (nSPS) is 17.7. The number of aliphatic carboxylic acids is 1. The van der Waals surface area contributed by atoms with Gasteiger partial charge in [-0.3, -0.25) is 4.79 Å². The van der Waals surface area contributed by atoms with Crippen LogP contribution in [0.3, 0.4) is 0 Å². The van der Waals surface area contributed by atoms with E-state index >= 15 is 0 Å². The molecule has 1 aromatic rings. The molecular formula is C12H15NO5. The molecule has 6 nitrogen and oxygen atoms in total. The molecule has 1 aliphatic rings. The number of fused-ring (bicyclic) bond motifs is 1. The van der Waals surface area contributed by atoms with Gasteiger partial charge in [0.25, 0.3) is 0 Å². The summed E-state index contributed by atoms with van der Waals surface area (Å²) in [5, 5.41) is 18.4. The number of hydrogen-bond donors (Lipinski definition) is 2. The lowest BCUT2D eigenvalue weighted by Crippen LogP contribution is -2.13. The molecule has 1 atom stereocenters. The minimum absolute atomic E-state index is 0.136. The van der Waals surface area contributed by atoms with Crippen LogP contribution in [-0.4, -0.2) is 40.4 Å². The van der Waals surface area contributed by atoms with Gasteiger partial charge in [0.15, 0.2) is 0 Å². The quantitative estimate of drug-likeness (QED) is 0.815. The highest BCUT2D eigenvalue weighted by Gasteiger charge is 2.35. The van der Waals surface area contributed by atoms with Crippen molar-refractivity contribution in [2.75, 3.05) is 13.7 Å². The molecular weight excluding hydrogens is 238 g/mol. The molecule has 0 amide bonds. The van der Waals surface area contributed by atoms with E-state index in [4.69, 9.17) is 9.84 Å². The van der Waals surface area contributed by atoms with Crippen LogP contribution in [0.25, 0.3) is 0 Å². The zero-order chi connectivity index (χ0) is 13.3. The first-order valence-electron chi connectivity index (χ1n) is 5.73. The number of carbonyl (C=O) groups is 2. The molecule has 0 aromatic carbocycles. The Bertz CT molecular complexity index is 491. The van der Waals surface area contributed by atoms with Crippen molar-refractivity contribution in [2.24, 2.45) is 0 Å². The van der Waals surface area contributed by atoms with Crippen LogP contribution >= 0.6 is 0 Å². The summed E-state index contributed by atoms with van der Waals surface area (Å²) in [5.74, 6) is -2.75. The highest BCUT2D eigenvalue weighted by Crippen LogP contribution is 2.34. The summed E-state index contributed by atoms with van der Waals surface area (Å²) in [6, 6.07) is 0. The van der Waals surface area contributed by atoms with Gasteiger partial charge in [-0.15, -0.1) is 0 Å². The number of carboxylic acid groups (broad SMARTS) is 2. The summed E-state index contributed by atoms with van der Waals surface area (Å²) in [6.45, 7) is 0.973. The highest BCUT2D eigenvalue weighted by atomic mass is 16.5. The van der Waals surface area contributed by atoms with Gasteiger partial charge in [0.1, 0.15) is 0 Å². The number of hydrogen-bond acceptors (Lipinski definition) is 3. The second kappa shape index (κ2) is 4.81. The van der Waals surface area contributed by atoms with Gasteiger partial charge in [0.05, 0.1) is 18.1 Å². The van der Waals surface area contributed by atoms with E-state index in [1.54, 1.807) is 17.9 Å². The largest absolute Gasteiger partial charge is 0.481 e. The van der Waals surface area contributed by atoms with E-state index in [-0.39, 0.29) is 5.56 Å². The fourth-order valence-corrected chi connectivity index (χ4v) is 2.48. The number of methoxy groups -OCH3 is 1. The van der Waals surface area contributed by atoms with E-state index in [0.717, 1.165) is 0 Å². The maximum atomic E-state index is 11.3. The summed E-state index contributed by atoms with van der Waals surface area (Å²) in [5.41, 5.74) is 1.20. The maximum Gasteiger partial charge on any atom is 0.337 e. The van der Waals surface area contributed by atoms with Crippen molar-refractivity contribution in [3.05, 3.63) is 23.0 Å². The van der Waals surface area contributed by atoms with Gasteiger partial charge < -0.3 is 19.5 Å². The van der Waals surface area contributed by atoms with E-state index < -0.39 is 17.9 Å². The SMILES string of the molecule is COCCc1cn2c(c1C(=O)O)C(C(=O)O)CC2. The van der Waals surface area contributed by atoms with Gasteiger partial charge in [0, 0.05) is 25.5 Å². The molecule has 98 valence electrons. The van der Waals surface area contributed by atoms with Crippen LogP contribution in [-0.2, 0) is 22.5 Å². The monoisotopic (exact) mass is 253 g/mol. The Morgan fingerprint density at radius 2 is 2.22 bits per heavy atom. The first-order valence-corrected chi connectivity index (χ1v) is 5.73. The lowest BCUT2D eigenvalue weighted by Gasteiger charge is -2.06. The van der Waals surface area contributed by atoms with Crippen molar-refractivity contribution < 1.29 is 24.5 Å². The van der Waals surface area contributed by atoms with Crippen molar-refractivity contribution in [2.45, 2.75) is 25.3 Å². The number of aromatic carboxylic acids is 1. The molecule has 6 heteroatoms. The van der Waals surface area contributed by atoms with E-state index in [1.165, 1.54) is 0 Å². The molecule has 0 bridgehead atoms. The zero-order valence-corrected chi connectivity index (χ0v) is 10.0. The number of ether oxygens (including phenoxy) is 1. The molecule has 1 aliphatic heterocycles. The molecule has 2 rings (SSSR count). The third-order valence-corrected chi connectivity index (χ3v) is 3.27. The second-order valence-corrected chi connectivity index (χ2v) is 4.34. The summed E-state index contributed by atoms with van der Waals surface area (Å²) >= 11 is 0. The van der Waals surface area contributed by atoms with Crippen LogP contribution < -0.4 is 0 Å². The lowest BCUT2D eigenvalue weighted by molar-refractivity contribution is -0.138.